The van der Waals surface area contributed by atoms with Crippen LogP contribution in [0.2, 0.25) is 0 Å². The van der Waals surface area contributed by atoms with Crippen LogP contribution in [-0.4, -0.2) is 61.0 Å². The number of allylic oxidation sites excluding steroid dienone is 2. The van der Waals surface area contributed by atoms with Crippen LogP contribution in [0.25, 0.3) is 10.9 Å². The molecule has 0 spiro atoms. The fraction of sp³-hybridized carbons (Fsp3) is 0.542. The summed E-state index contributed by atoms with van der Waals surface area (Å²) in [6.07, 6.45) is 3.42. The number of ether oxygens (including phenoxy) is 2. The van der Waals surface area contributed by atoms with Gasteiger partial charge in [-0.15, -0.1) is 0 Å². The van der Waals surface area contributed by atoms with E-state index in [9.17, 15) is 4.79 Å². The highest BCUT2D eigenvalue weighted by molar-refractivity contribution is 5.92. The maximum absolute atomic E-state index is 12.4. The second-order valence-corrected chi connectivity index (χ2v) is 9.37. The van der Waals surface area contributed by atoms with Crippen LogP contribution in [0.1, 0.15) is 33.6 Å². The molecule has 0 bridgehead atoms. The number of benzene rings is 1. The Labute approximate surface area is 189 Å². The number of rotatable bonds is 5. The largest absolute Gasteiger partial charge is 0.493 e. The molecule has 0 amide bonds. The van der Waals surface area contributed by atoms with E-state index in [1.807, 2.05) is 18.2 Å². The number of piperazine rings is 1. The minimum atomic E-state index is 0.0221. The zero-order chi connectivity index (χ0) is 23.0. The van der Waals surface area contributed by atoms with Crippen molar-refractivity contribution >= 4 is 28.5 Å². The van der Waals surface area contributed by atoms with Gasteiger partial charge >= 0.3 is 0 Å². The quantitative estimate of drug-likeness (QED) is 0.759. The molecule has 0 radical (unpaired) electrons. The number of carbonyl (C=O) groups is 1. The van der Waals surface area contributed by atoms with Gasteiger partial charge in [-0.25, -0.2) is 4.98 Å². The van der Waals surface area contributed by atoms with E-state index in [4.69, 9.17) is 20.2 Å². The van der Waals surface area contributed by atoms with Crippen LogP contribution in [0.5, 0.6) is 11.5 Å². The Morgan fingerprint density at radius 1 is 1.00 bits per heavy atom. The monoisotopic (exact) mass is 439 g/mol. The van der Waals surface area contributed by atoms with Crippen LogP contribution >= 0.6 is 0 Å². The predicted molar refractivity (Wildman–Crippen MR) is 126 cm³/mol. The van der Waals surface area contributed by atoms with Crippen molar-refractivity contribution in [3.63, 3.8) is 0 Å². The van der Waals surface area contributed by atoms with Gasteiger partial charge in [-0.2, -0.15) is 4.98 Å². The van der Waals surface area contributed by atoms with E-state index >= 15 is 0 Å². The van der Waals surface area contributed by atoms with Crippen molar-refractivity contribution in [1.29, 1.82) is 0 Å². The molecule has 1 unspecified atom stereocenters. The number of nitrogens with zero attached hydrogens (tertiary/aromatic N) is 4. The number of nitrogens with two attached hydrogens (primary N) is 1. The summed E-state index contributed by atoms with van der Waals surface area (Å²) in [6, 6.07) is 3.64. The molecule has 1 aromatic heterocycles. The number of fused-ring (bicyclic) bond motifs is 1. The Bertz CT molecular complexity index is 1060. The number of methoxy groups -OCH3 is 2. The summed E-state index contributed by atoms with van der Waals surface area (Å²) in [5.74, 6) is 2.93. The van der Waals surface area contributed by atoms with Gasteiger partial charge in [0.05, 0.1) is 19.7 Å². The van der Waals surface area contributed by atoms with E-state index in [0.717, 1.165) is 49.2 Å². The summed E-state index contributed by atoms with van der Waals surface area (Å²) in [5, 5.41) is 0.740. The molecule has 8 heteroatoms. The first kappa shape index (κ1) is 22.2. The highest BCUT2D eigenvalue weighted by Crippen LogP contribution is 2.42. The lowest BCUT2D eigenvalue weighted by atomic mass is 9.69. The lowest BCUT2D eigenvalue weighted by molar-refractivity contribution is -0.118. The molecule has 1 aliphatic heterocycles. The average Bonchev–Trinajstić information content (AvgIpc) is 2.77. The molecule has 1 saturated heterocycles. The van der Waals surface area contributed by atoms with Gasteiger partial charge in [0.2, 0.25) is 5.95 Å². The highest BCUT2D eigenvalue weighted by Gasteiger charge is 2.37. The Morgan fingerprint density at radius 3 is 2.25 bits per heavy atom. The first-order valence-electron chi connectivity index (χ1n) is 11.2. The Morgan fingerprint density at radius 2 is 1.62 bits per heavy atom. The molecule has 0 saturated carbocycles. The van der Waals surface area contributed by atoms with Crippen LogP contribution in [-0.2, 0) is 4.79 Å². The number of hydrogen-bond acceptors (Lipinski definition) is 8. The lowest BCUT2D eigenvalue weighted by Gasteiger charge is -2.43. The van der Waals surface area contributed by atoms with E-state index < -0.39 is 0 Å². The molecule has 2 aromatic rings. The standard InChI is InChI=1S/C24H33N5O3/c1-15(2)24(3)13-16(10-17(30)14-24)28-6-8-29(9-7-28)23-26-19-12-21(32-5)20(31-4)11-18(19)22(25)27-23/h10-12,15H,6-9,13-14H2,1-5H3,(H2,25,26,27). The van der Waals surface area contributed by atoms with Gasteiger partial charge in [0, 0.05) is 55.8 Å². The van der Waals surface area contributed by atoms with Gasteiger partial charge in [0.15, 0.2) is 17.3 Å². The predicted octanol–water partition coefficient (Wildman–Crippen LogP) is 3.26. The molecule has 2 heterocycles. The van der Waals surface area contributed by atoms with Gasteiger partial charge in [-0.1, -0.05) is 20.8 Å². The maximum Gasteiger partial charge on any atom is 0.228 e. The first-order chi connectivity index (χ1) is 15.2. The summed E-state index contributed by atoms with van der Waals surface area (Å²) in [6.45, 7) is 9.82. The van der Waals surface area contributed by atoms with E-state index in [0.29, 0.717) is 35.6 Å². The fourth-order valence-corrected chi connectivity index (χ4v) is 4.58. The zero-order valence-electron chi connectivity index (χ0n) is 19.6. The van der Waals surface area contributed by atoms with Crippen LogP contribution in [0.3, 0.4) is 0 Å². The molecule has 1 atom stereocenters. The molecule has 172 valence electrons. The highest BCUT2D eigenvalue weighted by atomic mass is 16.5. The number of nitrogen functional groups attached to an aromatic ring is 1. The lowest BCUT2D eigenvalue weighted by Crippen LogP contribution is -2.48. The van der Waals surface area contributed by atoms with Crippen molar-refractivity contribution in [3.8, 4) is 11.5 Å². The van der Waals surface area contributed by atoms with Gasteiger partial charge < -0.3 is 25.0 Å². The molecular formula is C24H33N5O3. The number of ketones is 1. The summed E-state index contributed by atoms with van der Waals surface area (Å²) in [4.78, 5) is 26.2. The van der Waals surface area contributed by atoms with Crippen molar-refractivity contribution in [1.82, 2.24) is 14.9 Å². The third-order valence-electron chi connectivity index (χ3n) is 7.07. The molecule has 2 aliphatic rings. The second kappa shape index (κ2) is 8.48. The number of aromatic nitrogens is 2. The molecule has 1 aromatic carbocycles. The van der Waals surface area contributed by atoms with Crippen LogP contribution < -0.4 is 20.1 Å². The summed E-state index contributed by atoms with van der Waals surface area (Å²) < 4.78 is 10.8. The number of hydrogen-bond donors (Lipinski definition) is 1. The van der Waals surface area contributed by atoms with E-state index in [1.54, 1.807) is 14.2 Å². The van der Waals surface area contributed by atoms with Gasteiger partial charge in [0.25, 0.3) is 0 Å². The number of carbonyl (C=O) groups excluding carboxylic acids is 1. The van der Waals surface area contributed by atoms with Crippen LogP contribution in [0.4, 0.5) is 11.8 Å². The van der Waals surface area contributed by atoms with Gasteiger partial charge in [0.1, 0.15) is 5.82 Å². The van der Waals surface area contributed by atoms with E-state index in [1.165, 1.54) is 0 Å². The molecule has 1 aliphatic carbocycles. The normalized spacial score (nSPS) is 21.8. The van der Waals surface area contributed by atoms with Crippen LogP contribution in [0, 0.1) is 11.3 Å². The topological polar surface area (TPSA) is 93.8 Å². The smallest absolute Gasteiger partial charge is 0.228 e. The van der Waals surface area contributed by atoms with Gasteiger partial charge in [-0.05, 0) is 23.8 Å². The van der Waals surface area contributed by atoms with Crippen molar-refractivity contribution in [3.05, 3.63) is 23.9 Å². The van der Waals surface area contributed by atoms with Crippen molar-refractivity contribution in [2.45, 2.75) is 33.6 Å². The Hall–Kier alpha value is -3.03. The SMILES string of the molecule is COc1cc2nc(N3CCN(C4=CC(=O)CC(C)(C(C)C)C4)CC3)nc(N)c2cc1OC. The number of anilines is 2. The minimum Gasteiger partial charge on any atom is -0.493 e. The second-order valence-electron chi connectivity index (χ2n) is 9.37. The molecular weight excluding hydrogens is 406 g/mol. The van der Waals surface area contributed by atoms with Crippen molar-refractivity contribution in [2.75, 3.05) is 51.0 Å². The summed E-state index contributed by atoms with van der Waals surface area (Å²) in [7, 11) is 3.19. The minimum absolute atomic E-state index is 0.0221. The molecule has 2 N–H and O–H groups in total. The average molecular weight is 440 g/mol. The molecule has 8 nitrogen and oxygen atoms in total. The molecule has 4 rings (SSSR count). The summed E-state index contributed by atoms with van der Waals surface area (Å²) >= 11 is 0. The first-order valence-corrected chi connectivity index (χ1v) is 11.2. The zero-order valence-corrected chi connectivity index (χ0v) is 19.6. The third kappa shape index (κ3) is 4.06. The van der Waals surface area contributed by atoms with E-state index in [-0.39, 0.29) is 11.2 Å². The van der Waals surface area contributed by atoms with Crippen molar-refractivity contribution < 1.29 is 14.3 Å². The Balaban J connectivity index is 1.52. The maximum atomic E-state index is 12.4. The van der Waals surface area contributed by atoms with Crippen molar-refractivity contribution in [2.24, 2.45) is 11.3 Å². The molecule has 1 fully saturated rings. The Kier molecular flexibility index (Phi) is 5.88. The fourth-order valence-electron chi connectivity index (χ4n) is 4.58. The van der Waals surface area contributed by atoms with E-state index in [2.05, 4.69) is 35.6 Å². The summed E-state index contributed by atoms with van der Waals surface area (Å²) in [5.41, 5.74) is 8.17. The third-order valence-corrected chi connectivity index (χ3v) is 7.07. The van der Waals surface area contributed by atoms with Gasteiger partial charge in [-0.3, -0.25) is 4.79 Å². The van der Waals surface area contributed by atoms with Crippen LogP contribution in [0.15, 0.2) is 23.9 Å². The molecule has 32 heavy (non-hydrogen) atoms.